The topological polar surface area (TPSA) is 147 Å². The highest BCUT2D eigenvalue weighted by molar-refractivity contribution is 5.98. The number of aromatic nitrogens is 1. The molecular formula is C24H32N2O9. The number of amides is 1. The zero-order valence-electron chi connectivity index (χ0n) is 20.6. The SMILES string of the molecule is CCCC(=O)Oc1cccnc1C(=O)NC1COC(=O)C(CC)C(OC(=O)C(C)C)C(C)OC1=O. The highest BCUT2D eigenvalue weighted by Crippen LogP contribution is 2.24. The van der Waals surface area contributed by atoms with Crippen molar-refractivity contribution < 1.29 is 42.9 Å². The lowest BCUT2D eigenvalue weighted by molar-refractivity contribution is -0.176. The summed E-state index contributed by atoms with van der Waals surface area (Å²) < 4.78 is 21.4. The molecule has 1 amide bonds. The van der Waals surface area contributed by atoms with Crippen LogP contribution in [0.3, 0.4) is 0 Å². The lowest BCUT2D eigenvalue weighted by Crippen LogP contribution is -2.46. The number of carbonyl (C=O) groups is 5. The Morgan fingerprint density at radius 2 is 1.91 bits per heavy atom. The molecule has 0 saturated carbocycles. The Hall–Kier alpha value is -3.50. The van der Waals surface area contributed by atoms with E-state index in [0.717, 1.165) is 0 Å². The van der Waals surface area contributed by atoms with Crippen LogP contribution < -0.4 is 10.1 Å². The molecule has 1 aromatic rings. The van der Waals surface area contributed by atoms with Gasteiger partial charge in [-0.1, -0.05) is 27.7 Å². The molecule has 2 heterocycles. The Bertz CT molecular complexity index is 947. The molecule has 11 heteroatoms. The van der Waals surface area contributed by atoms with E-state index in [4.69, 9.17) is 18.9 Å². The first-order chi connectivity index (χ1) is 16.6. The lowest BCUT2D eigenvalue weighted by atomic mass is 9.95. The average Bonchev–Trinajstić information content (AvgIpc) is 2.84. The zero-order chi connectivity index (χ0) is 26.1. The van der Waals surface area contributed by atoms with Crippen molar-refractivity contribution in [3.05, 3.63) is 24.0 Å². The first kappa shape index (κ1) is 27.7. The van der Waals surface area contributed by atoms with Crippen molar-refractivity contribution in [2.45, 2.75) is 72.1 Å². The molecule has 0 aromatic carbocycles. The predicted octanol–water partition coefficient (Wildman–Crippen LogP) is 1.97. The highest BCUT2D eigenvalue weighted by Gasteiger charge is 2.41. The molecule has 0 aliphatic carbocycles. The third kappa shape index (κ3) is 7.49. The molecular weight excluding hydrogens is 460 g/mol. The van der Waals surface area contributed by atoms with E-state index in [9.17, 15) is 24.0 Å². The first-order valence-electron chi connectivity index (χ1n) is 11.6. The Kier molecular flexibility index (Phi) is 10.2. The van der Waals surface area contributed by atoms with Gasteiger partial charge in [-0.3, -0.25) is 19.2 Å². The fourth-order valence-electron chi connectivity index (χ4n) is 3.33. The number of ether oxygens (including phenoxy) is 4. The number of hydrogen-bond acceptors (Lipinski definition) is 10. The van der Waals surface area contributed by atoms with Gasteiger partial charge in [0, 0.05) is 12.6 Å². The summed E-state index contributed by atoms with van der Waals surface area (Å²) in [7, 11) is 0. The van der Waals surface area contributed by atoms with Crippen molar-refractivity contribution in [2.24, 2.45) is 11.8 Å². The van der Waals surface area contributed by atoms with Gasteiger partial charge < -0.3 is 24.3 Å². The van der Waals surface area contributed by atoms with Gasteiger partial charge in [0.15, 0.2) is 23.6 Å². The average molecular weight is 493 g/mol. The summed E-state index contributed by atoms with van der Waals surface area (Å²) in [6, 6.07) is 1.53. The summed E-state index contributed by atoms with van der Waals surface area (Å²) in [6.07, 6.45) is 0.273. The molecule has 2 rings (SSSR count). The van der Waals surface area contributed by atoms with Crippen LogP contribution in [0.25, 0.3) is 0 Å². The minimum absolute atomic E-state index is 0.0723. The molecule has 1 aromatic heterocycles. The van der Waals surface area contributed by atoms with E-state index in [-0.39, 0.29) is 24.3 Å². The van der Waals surface area contributed by atoms with Crippen molar-refractivity contribution in [1.29, 1.82) is 0 Å². The summed E-state index contributed by atoms with van der Waals surface area (Å²) in [4.78, 5) is 66.5. The monoisotopic (exact) mass is 492 g/mol. The highest BCUT2D eigenvalue weighted by atomic mass is 16.6. The van der Waals surface area contributed by atoms with Crippen LogP contribution in [0.5, 0.6) is 5.75 Å². The minimum atomic E-state index is -1.37. The van der Waals surface area contributed by atoms with Crippen LogP contribution in [0.4, 0.5) is 0 Å². The largest absolute Gasteiger partial charge is 0.463 e. The Balaban J connectivity index is 2.23. The van der Waals surface area contributed by atoms with Crippen molar-refractivity contribution in [3.63, 3.8) is 0 Å². The van der Waals surface area contributed by atoms with Crippen LogP contribution in [-0.4, -0.2) is 59.6 Å². The molecule has 4 atom stereocenters. The van der Waals surface area contributed by atoms with E-state index in [1.54, 1.807) is 27.7 Å². The van der Waals surface area contributed by atoms with E-state index >= 15 is 0 Å². The number of cyclic esters (lactones) is 2. The molecule has 4 unspecified atom stereocenters. The number of esters is 4. The maximum absolute atomic E-state index is 12.9. The second kappa shape index (κ2) is 12.8. The predicted molar refractivity (Wildman–Crippen MR) is 121 cm³/mol. The molecule has 1 saturated heterocycles. The standard InChI is InChI=1S/C24H32N2O9/c1-6-9-18(27)34-17-10-8-11-25-19(17)21(28)26-16-12-32-23(30)15(7-2)20(14(5)33-24(16)31)35-22(29)13(3)4/h8,10-11,13-16,20H,6-7,9,12H2,1-5H3,(H,26,28). The van der Waals surface area contributed by atoms with Crippen LogP contribution in [0.15, 0.2) is 18.3 Å². The summed E-state index contributed by atoms with van der Waals surface area (Å²) in [6.45, 7) is 7.81. The molecule has 192 valence electrons. The van der Waals surface area contributed by atoms with Gasteiger partial charge >= 0.3 is 23.9 Å². The third-order valence-corrected chi connectivity index (χ3v) is 5.27. The molecule has 35 heavy (non-hydrogen) atoms. The van der Waals surface area contributed by atoms with Gasteiger partial charge in [0.05, 0.1) is 11.8 Å². The summed E-state index contributed by atoms with van der Waals surface area (Å²) in [5.41, 5.74) is -0.223. The summed E-state index contributed by atoms with van der Waals surface area (Å²) in [5, 5.41) is 2.42. The molecule has 1 fully saturated rings. The number of hydrogen-bond donors (Lipinski definition) is 1. The quantitative estimate of drug-likeness (QED) is 0.422. The smallest absolute Gasteiger partial charge is 0.332 e. The number of nitrogens with one attached hydrogen (secondary N) is 1. The van der Waals surface area contributed by atoms with Crippen LogP contribution in [0, 0.1) is 11.8 Å². The zero-order valence-corrected chi connectivity index (χ0v) is 20.6. The number of pyridine rings is 1. The van der Waals surface area contributed by atoms with Crippen LogP contribution in [0.1, 0.15) is 64.4 Å². The van der Waals surface area contributed by atoms with Gasteiger partial charge in [-0.15, -0.1) is 0 Å². The molecule has 0 spiro atoms. The summed E-state index contributed by atoms with van der Waals surface area (Å²) in [5.74, 6) is -4.88. The second-order valence-electron chi connectivity index (χ2n) is 8.44. The maximum atomic E-state index is 12.9. The van der Waals surface area contributed by atoms with Gasteiger partial charge in [0.1, 0.15) is 12.7 Å². The van der Waals surface area contributed by atoms with Gasteiger partial charge in [-0.2, -0.15) is 0 Å². The maximum Gasteiger partial charge on any atom is 0.332 e. The minimum Gasteiger partial charge on any atom is -0.463 e. The molecule has 0 radical (unpaired) electrons. The van der Waals surface area contributed by atoms with Crippen molar-refractivity contribution in [2.75, 3.05) is 6.61 Å². The van der Waals surface area contributed by atoms with Crippen molar-refractivity contribution >= 4 is 29.8 Å². The van der Waals surface area contributed by atoms with E-state index in [1.807, 2.05) is 0 Å². The number of carbonyl (C=O) groups excluding carboxylic acids is 5. The first-order valence-corrected chi connectivity index (χ1v) is 11.6. The van der Waals surface area contributed by atoms with Crippen molar-refractivity contribution in [1.82, 2.24) is 10.3 Å². The molecule has 1 N–H and O–H groups in total. The van der Waals surface area contributed by atoms with Gasteiger partial charge in [0.2, 0.25) is 0 Å². The summed E-state index contributed by atoms with van der Waals surface area (Å²) >= 11 is 0. The Labute approximate surface area is 203 Å². The van der Waals surface area contributed by atoms with E-state index < -0.39 is 66.5 Å². The van der Waals surface area contributed by atoms with Crippen molar-refractivity contribution in [3.8, 4) is 5.75 Å². The molecule has 1 aliphatic heterocycles. The Morgan fingerprint density at radius 3 is 2.54 bits per heavy atom. The molecule has 0 bridgehead atoms. The fraction of sp³-hybridized carbons (Fsp3) is 0.583. The third-order valence-electron chi connectivity index (χ3n) is 5.27. The molecule has 11 nitrogen and oxygen atoms in total. The van der Waals surface area contributed by atoms with Crippen LogP contribution in [0.2, 0.25) is 0 Å². The Morgan fingerprint density at radius 1 is 1.20 bits per heavy atom. The van der Waals surface area contributed by atoms with E-state index in [2.05, 4.69) is 10.3 Å². The van der Waals surface area contributed by atoms with E-state index in [0.29, 0.717) is 6.42 Å². The fourth-order valence-corrected chi connectivity index (χ4v) is 3.33. The van der Waals surface area contributed by atoms with E-state index in [1.165, 1.54) is 25.3 Å². The number of rotatable bonds is 8. The molecule has 1 aliphatic rings. The van der Waals surface area contributed by atoms with Crippen LogP contribution in [-0.2, 0) is 33.4 Å². The number of nitrogens with zero attached hydrogens (tertiary/aromatic N) is 1. The van der Waals surface area contributed by atoms with Gasteiger partial charge in [-0.25, -0.2) is 9.78 Å². The second-order valence-corrected chi connectivity index (χ2v) is 8.44. The van der Waals surface area contributed by atoms with Crippen LogP contribution >= 0.6 is 0 Å². The lowest BCUT2D eigenvalue weighted by Gasteiger charge is -2.29. The normalized spacial score (nSPS) is 22.7. The van der Waals surface area contributed by atoms with Gasteiger partial charge in [-0.05, 0) is 31.9 Å². The van der Waals surface area contributed by atoms with Gasteiger partial charge in [0.25, 0.3) is 5.91 Å².